The van der Waals surface area contributed by atoms with Crippen molar-refractivity contribution in [1.29, 1.82) is 0 Å². The molecule has 238 valence electrons. The van der Waals surface area contributed by atoms with E-state index >= 15 is 0 Å². The second-order valence-electron chi connectivity index (χ2n) is 9.46. The van der Waals surface area contributed by atoms with E-state index in [9.17, 15) is 59.4 Å². The van der Waals surface area contributed by atoms with Crippen LogP contribution in [0.1, 0.15) is 29.6 Å². The van der Waals surface area contributed by atoms with Crippen molar-refractivity contribution in [1.82, 2.24) is 10.6 Å². The third-order valence-electron chi connectivity index (χ3n) is 6.32. The van der Waals surface area contributed by atoms with Crippen molar-refractivity contribution in [2.45, 2.75) is 60.7 Å². The van der Waals surface area contributed by atoms with Crippen molar-refractivity contribution >= 4 is 47.5 Å². The highest BCUT2D eigenvalue weighted by molar-refractivity contribution is 7.99. The van der Waals surface area contributed by atoms with E-state index in [1.165, 1.54) is 0 Å². The Balaban J connectivity index is 2.36. The molecule has 0 aromatic heterocycles. The topological polar surface area (TPSA) is 324 Å². The number of rotatable bonds is 15. The van der Waals surface area contributed by atoms with Crippen LogP contribution in [0.15, 0.2) is 17.0 Å². The van der Waals surface area contributed by atoms with Crippen molar-refractivity contribution in [3.63, 3.8) is 0 Å². The SMILES string of the molecule is NC(CCC(=O)NC(CSc1c(O)cc(C(=O)O)cc1OC1CC(C(=O)O)[C@@H](O)[C@H](O)[C@H]1O)C(=O)NCC(=O)O)C(=O)O. The van der Waals surface area contributed by atoms with Crippen molar-refractivity contribution < 1.29 is 74.4 Å². The fourth-order valence-electron chi connectivity index (χ4n) is 3.97. The van der Waals surface area contributed by atoms with Crippen LogP contribution in [-0.4, -0.2) is 125 Å². The number of nitrogens with one attached hydrogen (secondary N) is 2. The van der Waals surface area contributed by atoms with Crippen LogP contribution in [-0.2, 0) is 24.0 Å². The number of nitrogens with two attached hydrogens (primary N) is 1. The first-order valence-electron chi connectivity index (χ1n) is 12.5. The van der Waals surface area contributed by atoms with Crippen LogP contribution >= 0.6 is 11.8 Å². The number of benzene rings is 1. The van der Waals surface area contributed by atoms with Crippen LogP contribution in [0, 0.1) is 5.92 Å². The van der Waals surface area contributed by atoms with E-state index in [-0.39, 0.29) is 11.3 Å². The molecule has 0 bridgehead atoms. The number of carboxylic acids is 4. The van der Waals surface area contributed by atoms with Gasteiger partial charge in [0.1, 0.15) is 48.4 Å². The minimum Gasteiger partial charge on any atom is -0.507 e. The van der Waals surface area contributed by atoms with Crippen LogP contribution < -0.4 is 21.1 Å². The monoisotopic (exact) mass is 633 g/mol. The summed E-state index contributed by atoms with van der Waals surface area (Å²) in [7, 11) is 0. The van der Waals surface area contributed by atoms with Crippen LogP contribution in [0.5, 0.6) is 11.5 Å². The lowest BCUT2D eigenvalue weighted by molar-refractivity contribution is -0.175. The molecule has 0 saturated heterocycles. The van der Waals surface area contributed by atoms with E-state index in [1.807, 2.05) is 0 Å². The number of thioether (sulfide) groups is 1. The molecule has 1 aromatic rings. The molecule has 19 heteroatoms. The Kier molecular flexibility index (Phi) is 12.5. The van der Waals surface area contributed by atoms with Gasteiger partial charge in [0, 0.05) is 18.6 Å². The smallest absolute Gasteiger partial charge is 0.335 e. The highest BCUT2D eigenvalue weighted by Gasteiger charge is 2.47. The van der Waals surface area contributed by atoms with Gasteiger partial charge < -0.3 is 62.0 Å². The van der Waals surface area contributed by atoms with Gasteiger partial charge in [0.15, 0.2) is 0 Å². The van der Waals surface area contributed by atoms with E-state index < -0.39 is 120 Å². The fraction of sp³-hybridized carbons (Fsp3) is 0.500. The summed E-state index contributed by atoms with van der Waals surface area (Å²) in [6.07, 6.45) is -8.43. The van der Waals surface area contributed by atoms with E-state index in [4.69, 9.17) is 20.7 Å². The number of hydrogen-bond donors (Lipinski definition) is 11. The molecular formula is C24H31N3O15S. The standard InChI is InChI=1S/C24H31N3O15S/c25-10(24(40)41)1-2-15(29)27-11(21(35)26-6-16(30)31)7-43-20-12(28)3-8(22(36)37)4-14(20)42-13-5-9(23(38)39)17(32)19(34)18(13)33/h3-4,9-11,13,17-19,28,32-34H,1-2,5-7,25H2,(H,26,35)(H,27,29)(H,30,31)(H,36,37)(H,38,39)(H,40,41)/t9?,10?,11?,13?,17-,18+,19+/m1/s1. The number of carbonyl (C=O) groups is 6. The van der Waals surface area contributed by atoms with Crippen molar-refractivity contribution in [2.24, 2.45) is 11.7 Å². The van der Waals surface area contributed by atoms with Gasteiger partial charge in [0.2, 0.25) is 11.8 Å². The average Bonchev–Trinajstić information content (AvgIpc) is 2.92. The quantitative estimate of drug-likeness (QED) is 0.0857. The zero-order valence-electron chi connectivity index (χ0n) is 22.2. The van der Waals surface area contributed by atoms with Gasteiger partial charge in [0.05, 0.1) is 22.5 Å². The predicted octanol–water partition coefficient (Wildman–Crippen LogP) is -3.01. The van der Waals surface area contributed by atoms with Gasteiger partial charge in [-0.05, 0) is 18.6 Å². The molecule has 0 spiro atoms. The molecule has 1 saturated carbocycles. The predicted molar refractivity (Wildman–Crippen MR) is 141 cm³/mol. The highest BCUT2D eigenvalue weighted by Crippen LogP contribution is 2.41. The number of phenolic OH excluding ortho intramolecular Hbond substituents is 1. The summed E-state index contributed by atoms with van der Waals surface area (Å²) < 4.78 is 5.65. The van der Waals surface area contributed by atoms with Crippen molar-refractivity contribution in [2.75, 3.05) is 12.3 Å². The summed E-state index contributed by atoms with van der Waals surface area (Å²) in [5.41, 5.74) is 4.87. The number of aliphatic carboxylic acids is 3. The fourth-order valence-corrected chi connectivity index (χ4v) is 5.00. The Bertz CT molecular complexity index is 1240. The zero-order valence-corrected chi connectivity index (χ0v) is 23.0. The Hall–Kier alpha value is -4.17. The number of carboxylic acid groups (broad SMARTS) is 4. The molecule has 0 radical (unpaired) electrons. The average molecular weight is 634 g/mol. The summed E-state index contributed by atoms with van der Waals surface area (Å²) in [6, 6.07) is -1.13. The maximum Gasteiger partial charge on any atom is 0.335 e. The number of ether oxygens (including phenoxy) is 1. The van der Waals surface area contributed by atoms with E-state index in [0.29, 0.717) is 11.8 Å². The van der Waals surface area contributed by atoms with E-state index in [0.717, 1.165) is 12.1 Å². The molecule has 0 aliphatic heterocycles. The molecule has 1 aromatic carbocycles. The number of aromatic carboxylic acids is 1. The van der Waals surface area contributed by atoms with Crippen LogP contribution in [0.4, 0.5) is 0 Å². The molecule has 4 unspecified atom stereocenters. The molecule has 1 aliphatic rings. The van der Waals surface area contributed by atoms with E-state index in [1.54, 1.807) is 0 Å². The summed E-state index contributed by atoms with van der Waals surface area (Å²) in [5.74, 6) is -10.8. The molecule has 43 heavy (non-hydrogen) atoms. The summed E-state index contributed by atoms with van der Waals surface area (Å²) in [5, 5.41) is 82.1. The Morgan fingerprint density at radius 1 is 1.00 bits per heavy atom. The molecule has 7 atom stereocenters. The molecular weight excluding hydrogens is 602 g/mol. The second-order valence-corrected chi connectivity index (χ2v) is 10.5. The third-order valence-corrected chi connectivity index (χ3v) is 7.52. The maximum absolute atomic E-state index is 12.7. The normalized spacial score (nSPS) is 22.9. The summed E-state index contributed by atoms with van der Waals surface area (Å²) in [6.45, 7) is -0.828. The molecule has 1 fully saturated rings. The lowest BCUT2D eigenvalue weighted by Gasteiger charge is -2.38. The van der Waals surface area contributed by atoms with Crippen LogP contribution in [0.2, 0.25) is 0 Å². The van der Waals surface area contributed by atoms with Crippen LogP contribution in [0.25, 0.3) is 0 Å². The number of phenols is 1. The Morgan fingerprint density at radius 3 is 2.21 bits per heavy atom. The van der Waals surface area contributed by atoms with Gasteiger partial charge >= 0.3 is 23.9 Å². The number of aliphatic hydroxyl groups excluding tert-OH is 3. The van der Waals surface area contributed by atoms with Gasteiger partial charge in [-0.25, -0.2) is 4.79 Å². The Morgan fingerprint density at radius 2 is 1.65 bits per heavy atom. The molecule has 0 heterocycles. The van der Waals surface area contributed by atoms with Gasteiger partial charge in [-0.15, -0.1) is 11.8 Å². The molecule has 12 N–H and O–H groups in total. The number of aliphatic hydroxyl groups is 3. The first-order chi connectivity index (χ1) is 20.0. The van der Waals surface area contributed by atoms with Gasteiger partial charge in [-0.2, -0.15) is 0 Å². The molecule has 2 amide bonds. The molecule has 18 nitrogen and oxygen atoms in total. The lowest BCUT2D eigenvalue weighted by atomic mass is 9.81. The van der Waals surface area contributed by atoms with Gasteiger partial charge in [0.25, 0.3) is 0 Å². The lowest BCUT2D eigenvalue weighted by Crippen LogP contribution is -2.57. The minimum atomic E-state index is -1.96. The van der Waals surface area contributed by atoms with Gasteiger partial charge in [-0.3, -0.25) is 24.0 Å². The first kappa shape index (κ1) is 35.0. The summed E-state index contributed by atoms with van der Waals surface area (Å²) in [4.78, 5) is 69.8. The molecule has 1 aliphatic carbocycles. The highest BCUT2D eigenvalue weighted by atomic mass is 32.2. The minimum absolute atomic E-state index is 0.247. The molecule has 2 rings (SSSR count). The number of amides is 2. The second kappa shape index (κ2) is 15.3. The number of aromatic hydroxyl groups is 1. The number of hydrogen-bond acceptors (Lipinski definition) is 13. The van der Waals surface area contributed by atoms with Crippen molar-refractivity contribution in [3.05, 3.63) is 17.7 Å². The van der Waals surface area contributed by atoms with Crippen LogP contribution in [0.3, 0.4) is 0 Å². The first-order valence-corrected chi connectivity index (χ1v) is 13.5. The summed E-state index contributed by atoms with van der Waals surface area (Å²) >= 11 is 0.615. The van der Waals surface area contributed by atoms with Gasteiger partial charge in [-0.1, -0.05) is 0 Å². The zero-order chi connectivity index (χ0) is 32.6. The van der Waals surface area contributed by atoms with E-state index in [2.05, 4.69) is 10.6 Å². The largest absolute Gasteiger partial charge is 0.507 e. The third kappa shape index (κ3) is 9.68. The Labute approximate surface area is 246 Å². The maximum atomic E-state index is 12.7. The number of carbonyl (C=O) groups excluding carboxylic acids is 2. The van der Waals surface area contributed by atoms with Crippen molar-refractivity contribution in [3.8, 4) is 11.5 Å².